The SMILES string of the molecule is C=CCN(Cc1cc(CNC2CC2)co1)C1CC1. The van der Waals surface area contributed by atoms with Gasteiger partial charge in [-0.25, -0.2) is 0 Å². The molecule has 3 rings (SSSR count). The van der Waals surface area contributed by atoms with Crippen molar-refractivity contribution in [1.82, 2.24) is 10.2 Å². The number of rotatable bonds is 8. The lowest BCUT2D eigenvalue weighted by Crippen LogP contribution is -2.25. The number of nitrogens with one attached hydrogen (secondary N) is 1. The van der Waals surface area contributed by atoms with Crippen LogP contribution < -0.4 is 5.32 Å². The first-order chi connectivity index (χ1) is 8.85. The highest BCUT2D eigenvalue weighted by atomic mass is 16.3. The maximum absolute atomic E-state index is 5.66. The van der Waals surface area contributed by atoms with Crippen LogP contribution >= 0.6 is 0 Å². The summed E-state index contributed by atoms with van der Waals surface area (Å²) in [6.07, 6.45) is 9.19. The van der Waals surface area contributed by atoms with E-state index in [2.05, 4.69) is 22.9 Å². The van der Waals surface area contributed by atoms with Gasteiger partial charge in [-0.3, -0.25) is 4.90 Å². The lowest BCUT2D eigenvalue weighted by molar-refractivity contribution is 0.258. The second kappa shape index (κ2) is 5.29. The molecule has 98 valence electrons. The van der Waals surface area contributed by atoms with E-state index >= 15 is 0 Å². The lowest BCUT2D eigenvalue weighted by atomic mass is 10.3. The van der Waals surface area contributed by atoms with Crippen molar-refractivity contribution in [1.29, 1.82) is 0 Å². The summed E-state index contributed by atoms with van der Waals surface area (Å²) in [6, 6.07) is 3.70. The van der Waals surface area contributed by atoms with Gasteiger partial charge in [-0.15, -0.1) is 6.58 Å². The van der Waals surface area contributed by atoms with Gasteiger partial charge < -0.3 is 9.73 Å². The largest absolute Gasteiger partial charge is 0.468 e. The van der Waals surface area contributed by atoms with Crippen molar-refractivity contribution in [2.45, 2.75) is 50.9 Å². The molecule has 0 saturated heterocycles. The molecule has 2 saturated carbocycles. The van der Waals surface area contributed by atoms with Crippen LogP contribution in [0.5, 0.6) is 0 Å². The summed E-state index contributed by atoms with van der Waals surface area (Å²) < 4.78 is 5.66. The number of nitrogens with zero attached hydrogens (tertiary/aromatic N) is 1. The predicted molar refractivity (Wildman–Crippen MR) is 72.2 cm³/mol. The Balaban J connectivity index is 1.52. The fourth-order valence-electron chi connectivity index (χ4n) is 2.30. The highest BCUT2D eigenvalue weighted by molar-refractivity contribution is 5.13. The zero-order valence-electron chi connectivity index (χ0n) is 10.9. The molecule has 0 bridgehead atoms. The van der Waals surface area contributed by atoms with Gasteiger partial charge in [0.15, 0.2) is 0 Å². The topological polar surface area (TPSA) is 28.4 Å². The molecule has 2 aliphatic carbocycles. The van der Waals surface area contributed by atoms with Crippen LogP contribution in [0.3, 0.4) is 0 Å². The van der Waals surface area contributed by atoms with Crippen molar-refractivity contribution in [2.24, 2.45) is 0 Å². The van der Waals surface area contributed by atoms with Gasteiger partial charge in [0, 0.05) is 30.7 Å². The third-order valence-electron chi connectivity index (χ3n) is 3.67. The number of furan rings is 1. The maximum atomic E-state index is 5.66. The first-order valence-electron chi connectivity index (χ1n) is 7.00. The molecule has 3 heteroatoms. The molecule has 0 spiro atoms. The van der Waals surface area contributed by atoms with Gasteiger partial charge in [-0.05, 0) is 31.7 Å². The standard InChI is InChI=1S/C15H22N2O/c1-2-7-17(14-5-6-14)10-15-8-12(11-18-15)9-16-13-3-4-13/h2,8,11,13-14,16H,1,3-7,9-10H2. The van der Waals surface area contributed by atoms with Crippen LogP contribution in [-0.4, -0.2) is 23.5 Å². The van der Waals surface area contributed by atoms with Crippen LogP contribution in [0.25, 0.3) is 0 Å². The van der Waals surface area contributed by atoms with Crippen molar-refractivity contribution in [3.8, 4) is 0 Å². The van der Waals surface area contributed by atoms with Gasteiger partial charge in [-0.2, -0.15) is 0 Å². The maximum Gasteiger partial charge on any atom is 0.118 e. The van der Waals surface area contributed by atoms with E-state index in [9.17, 15) is 0 Å². The molecule has 0 amide bonds. The third kappa shape index (κ3) is 3.24. The van der Waals surface area contributed by atoms with Crippen LogP contribution in [0.4, 0.5) is 0 Å². The quantitative estimate of drug-likeness (QED) is 0.715. The summed E-state index contributed by atoms with van der Waals surface area (Å²) in [5.41, 5.74) is 1.27. The highest BCUT2D eigenvalue weighted by Crippen LogP contribution is 2.28. The Kier molecular flexibility index (Phi) is 3.52. The first-order valence-corrected chi connectivity index (χ1v) is 7.00. The molecule has 0 aromatic carbocycles. The van der Waals surface area contributed by atoms with E-state index in [0.29, 0.717) is 0 Å². The summed E-state index contributed by atoms with van der Waals surface area (Å²) in [5.74, 6) is 1.08. The second-order valence-electron chi connectivity index (χ2n) is 5.53. The van der Waals surface area contributed by atoms with Crippen LogP contribution in [0.1, 0.15) is 37.0 Å². The van der Waals surface area contributed by atoms with Crippen LogP contribution in [-0.2, 0) is 13.1 Å². The van der Waals surface area contributed by atoms with Crippen LogP contribution in [0.15, 0.2) is 29.4 Å². The zero-order chi connectivity index (χ0) is 12.4. The number of hydrogen-bond acceptors (Lipinski definition) is 3. The lowest BCUT2D eigenvalue weighted by Gasteiger charge is -2.18. The number of hydrogen-bond donors (Lipinski definition) is 1. The predicted octanol–water partition coefficient (Wildman–Crippen LogP) is 2.68. The Bertz CT molecular complexity index is 404. The second-order valence-corrected chi connectivity index (χ2v) is 5.53. The molecule has 0 radical (unpaired) electrons. The molecule has 3 nitrogen and oxygen atoms in total. The minimum absolute atomic E-state index is 0.751. The van der Waals surface area contributed by atoms with E-state index in [0.717, 1.165) is 37.5 Å². The summed E-state index contributed by atoms with van der Waals surface area (Å²) in [5, 5.41) is 3.51. The average molecular weight is 246 g/mol. The van der Waals surface area contributed by atoms with Gasteiger partial charge in [0.1, 0.15) is 5.76 Å². The fraction of sp³-hybridized carbons (Fsp3) is 0.600. The fourth-order valence-corrected chi connectivity index (χ4v) is 2.30. The van der Waals surface area contributed by atoms with Gasteiger partial charge in [0.25, 0.3) is 0 Å². The summed E-state index contributed by atoms with van der Waals surface area (Å²) in [4.78, 5) is 2.45. The Morgan fingerprint density at radius 1 is 1.39 bits per heavy atom. The Morgan fingerprint density at radius 2 is 2.22 bits per heavy atom. The Labute approximate surface area is 109 Å². The Morgan fingerprint density at radius 3 is 2.89 bits per heavy atom. The zero-order valence-corrected chi connectivity index (χ0v) is 10.9. The normalized spacial score (nSPS) is 19.4. The molecule has 1 aromatic heterocycles. The highest BCUT2D eigenvalue weighted by Gasteiger charge is 2.28. The summed E-state index contributed by atoms with van der Waals surface area (Å²) in [6.45, 7) is 6.65. The monoisotopic (exact) mass is 246 g/mol. The van der Waals surface area contributed by atoms with Crippen LogP contribution in [0.2, 0.25) is 0 Å². The van der Waals surface area contributed by atoms with Crippen molar-refractivity contribution in [3.63, 3.8) is 0 Å². The molecule has 2 fully saturated rings. The molecule has 0 atom stereocenters. The molecule has 18 heavy (non-hydrogen) atoms. The minimum Gasteiger partial charge on any atom is -0.468 e. The average Bonchev–Trinajstić information content (AvgIpc) is 3.27. The van der Waals surface area contributed by atoms with E-state index in [1.807, 2.05) is 12.3 Å². The molecule has 0 aliphatic heterocycles. The molecule has 2 aliphatic rings. The first kappa shape index (κ1) is 12.0. The van der Waals surface area contributed by atoms with Gasteiger partial charge >= 0.3 is 0 Å². The molecule has 1 heterocycles. The minimum atomic E-state index is 0.751. The summed E-state index contributed by atoms with van der Waals surface area (Å²) >= 11 is 0. The Hall–Kier alpha value is -1.06. The van der Waals surface area contributed by atoms with Crippen molar-refractivity contribution in [3.05, 3.63) is 36.3 Å². The smallest absolute Gasteiger partial charge is 0.118 e. The van der Waals surface area contributed by atoms with E-state index in [-0.39, 0.29) is 0 Å². The van der Waals surface area contributed by atoms with Gasteiger partial charge in [0.05, 0.1) is 12.8 Å². The molecule has 0 unspecified atom stereocenters. The van der Waals surface area contributed by atoms with Gasteiger partial charge in [0.2, 0.25) is 0 Å². The molecule has 1 aromatic rings. The van der Waals surface area contributed by atoms with Crippen molar-refractivity contribution < 1.29 is 4.42 Å². The van der Waals surface area contributed by atoms with Gasteiger partial charge in [-0.1, -0.05) is 6.08 Å². The molecule has 1 N–H and O–H groups in total. The summed E-state index contributed by atoms with van der Waals surface area (Å²) in [7, 11) is 0. The van der Waals surface area contributed by atoms with Crippen molar-refractivity contribution in [2.75, 3.05) is 6.54 Å². The molecular weight excluding hydrogens is 224 g/mol. The van der Waals surface area contributed by atoms with Crippen molar-refractivity contribution >= 4 is 0 Å². The third-order valence-corrected chi connectivity index (χ3v) is 3.67. The van der Waals surface area contributed by atoms with E-state index in [1.54, 1.807) is 0 Å². The van der Waals surface area contributed by atoms with Crippen LogP contribution in [0, 0.1) is 0 Å². The van der Waals surface area contributed by atoms with E-state index in [4.69, 9.17) is 4.42 Å². The van der Waals surface area contributed by atoms with E-state index < -0.39 is 0 Å². The molecular formula is C15H22N2O. The van der Waals surface area contributed by atoms with E-state index in [1.165, 1.54) is 31.2 Å².